The summed E-state index contributed by atoms with van der Waals surface area (Å²) < 4.78 is 5.85. The fraction of sp³-hybridized carbons (Fsp3) is 0.600. The highest BCUT2D eigenvalue weighted by Gasteiger charge is 2.09. The molecule has 1 unspecified atom stereocenters. The molecule has 1 atom stereocenters. The summed E-state index contributed by atoms with van der Waals surface area (Å²) in [4.78, 5) is 2.15. The standard InChI is InChI=1S/C15H25ClN2O/c1-4-14(17)11-12-10-13(16)6-7-15(12)19-9-5-8-18(2)3/h6-7,10,14H,4-5,8-9,11,17H2,1-3H3. The molecule has 0 saturated carbocycles. The van der Waals surface area contributed by atoms with Crippen LogP contribution in [0.25, 0.3) is 0 Å². The van der Waals surface area contributed by atoms with Gasteiger partial charge in [-0.05, 0) is 57.1 Å². The van der Waals surface area contributed by atoms with Gasteiger partial charge in [-0.3, -0.25) is 0 Å². The summed E-state index contributed by atoms with van der Waals surface area (Å²) in [6.07, 6.45) is 2.77. The molecule has 3 nitrogen and oxygen atoms in total. The molecule has 1 aromatic carbocycles. The van der Waals surface area contributed by atoms with Gasteiger partial charge in [0.25, 0.3) is 0 Å². The Labute approximate surface area is 121 Å². The van der Waals surface area contributed by atoms with Crippen molar-refractivity contribution in [1.82, 2.24) is 4.90 Å². The van der Waals surface area contributed by atoms with Crippen LogP contribution in [0.2, 0.25) is 5.02 Å². The van der Waals surface area contributed by atoms with Crippen molar-refractivity contribution in [3.63, 3.8) is 0 Å². The van der Waals surface area contributed by atoms with E-state index in [1.54, 1.807) is 0 Å². The zero-order valence-electron chi connectivity index (χ0n) is 12.2. The van der Waals surface area contributed by atoms with Crippen molar-refractivity contribution in [2.24, 2.45) is 5.73 Å². The zero-order valence-corrected chi connectivity index (χ0v) is 12.9. The Morgan fingerprint density at radius 3 is 2.74 bits per heavy atom. The van der Waals surface area contributed by atoms with Crippen LogP contribution in [0.4, 0.5) is 0 Å². The van der Waals surface area contributed by atoms with Crippen LogP contribution in [0, 0.1) is 0 Å². The maximum Gasteiger partial charge on any atom is 0.122 e. The smallest absolute Gasteiger partial charge is 0.122 e. The lowest BCUT2D eigenvalue weighted by atomic mass is 10.0. The van der Waals surface area contributed by atoms with E-state index in [2.05, 4.69) is 25.9 Å². The van der Waals surface area contributed by atoms with E-state index in [9.17, 15) is 0 Å². The van der Waals surface area contributed by atoms with Crippen LogP contribution in [0.3, 0.4) is 0 Å². The van der Waals surface area contributed by atoms with Crippen LogP contribution in [0.5, 0.6) is 5.75 Å². The lowest BCUT2D eigenvalue weighted by Gasteiger charge is -2.15. The fourth-order valence-corrected chi connectivity index (χ4v) is 2.03. The summed E-state index contributed by atoms with van der Waals surface area (Å²) in [5.74, 6) is 0.909. The van der Waals surface area contributed by atoms with E-state index in [1.807, 2.05) is 18.2 Å². The van der Waals surface area contributed by atoms with E-state index in [0.29, 0.717) is 6.61 Å². The van der Waals surface area contributed by atoms with Gasteiger partial charge in [0.15, 0.2) is 0 Å². The predicted molar refractivity (Wildman–Crippen MR) is 82.1 cm³/mol. The van der Waals surface area contributed by atoms with Gasteiger partial charge in [0, 0.05) is 17.6 Å². The molecule has 0 amide bonds. The lowest BCUT2D eigenvalue weighted by molar-refractivity contribution is 0.279. The first-order valence-corrected chi connectivity index (χ1v) is 7.22. The van der Waals surface area contributed by atoms with Crippen molar-refractivity contribution >= 4 is 11.6 Å². The van der Waals surface area contributed by atoms with Gasteiger partial charge in [-0.15, -0.1) is 0 Å². The summed E-state index contributed by atoms with van der Waals surface area (Å²) in [5, 5.41) is 0.735. The summed E-state index contributed by atoms with van der Waals surface area (Å²) in [5.41, 5.74) is 7.12. The minimum Gasteiger partial charge on any atom is -0.493 e. The third kappa shape index (κ3) is 6.28. The number of hydrogen-bond donors (Lipinski definition) is 1. The van der Waals surface area contributed by atoms with Crippen molar-refractivity contribution in [2.45, 2.75) is 32.2 Å². The Morgan fingerprint density at radius 1 is 1.37 bits per heavy atom. The minimum atomic E-state index is 0.155. The van der Waals surface area contributed by atoms with Gasteiger partial charge in [0.1, 0.15) is 5.75 Å². The highest BCUT2D eigenvalue weighted by Crippen LogP contribution is 2.24. The molecule has 108 valence electrons. The monoisotopic (exact) mass is 284 g/mol. The fourth-order valence-electron chi connectivity index (χ4n) is 1.84. The third-order valence-electron chi connectivity index (χ3n) is 3.04. The van der Waals surface area contributed by atoms with Gasteiger partial charge in [-0.1, -0.05) is 18.5 Å². The highest BCUT2D eigenvalue weighted by molar-refractivity contribution is 6.30. The summed E-state index contributed by atoms with van der Waals surface area (Å²) in [7, 11) is 4.13. The molecule has 4 heteroatoms. The predicted octanol–water partition coefficient (Wildman–Crippen LogP) is 2.95. The molecule has 1 rings (SSSR count). The largest absolute Gasteiger partial charge is 0.493 e. The molecule has 1 aromatic rings. The van der Waals surface area contributed by atoms with E-state index in [4.69, 9.17) is 22.1 Å². The maximum absolute atomic E-state index is 6.04. The van der Waals surface area contributed by atoms with Crippen LogP contribution in [-0.2, 0) is 6.42 Å². The van der Waals surface area contributed by atoms with Crippen molar-refractivity contribution in [3.05, 3.63) is 28.8 Å². The Hall–Kier alpha value is -0.770. The van der Waals surface area contributed by atoms with Gasteiger partial charge in [-0.2, -0.15) is 0 Å². The minimum absolute atomic E-state index is 0.155. The second-order valence-electron chi connectivity index (χ2n) is 5.13. The van der Waals surface area contributed by atoms with Crippen molar-refractivity contribution in [1.29, 1.82) is 0 Å². The number of benzene rings is 1. The molecule has 19 heavy (non-hydrogen) atoms. The van der Waals surface area contributed by atoms with Gasteiger partial charge in [-0.25, -0.2) is 0 Å². The molecule has 0 aliphatic heterocycles. The molecule has 0 spiro atoms. The number of rotatable bonds is 8. The Bertz CT molecular complexity index is 382. The molecule has 0 bridgehead atoms. The molecular formula is C15H25ClN2O. The van der Waals surface area contributed by atoms with Gasteiger partial charge in [0.2, 0.25) is 0 Å². The molecule has 0 heterocycles. The van der Waals surface area contributed by atoms with E-state index < -0.39 is 0 Å². The number of hydrogen-bond acceptors (Lipinski definition) is 3. The maximum atomic E-state index is 6.04. The Kier molecular flexibility index (Phi) is 7.21. The van der Waals surface area contributed by atoms with E-state index >= 15 is 0 Å². The van der Waals surface area contributed by atoms with Gasteiger partial charge < -0.3 is 15.4 Å². The van der Waals surface area contributed by atoms with Crippen molar-refractivity contribution in [2.75, 3.05) is 27.2 Å². The number of halogens is 1. The zero-order chi connectivity index (χ0) is 14.3. The lowest BCUT2D eigenvalue weighted by Crippen LogP contribution is -2.22. The average Bonchev–Trinajstić information content (AvgIpc) is 2.36. The van der Waals surface area contributed by atoms with Crippen LogP contribution in [0.1, 0.15) is 25.3 Å². The highest BCUT2D eigenvalue weighted by atomic mass is 35.5. The average molecular weight is 285 g/mol. The normalized spacial score (nSPS) is 12.7. The van der Waals surface area contributed by atoms with Crippen molar-refractivity contribution in [3.8, 4) is 5.75 Å². The quantitative estimate of drug-likeness (QED) is 0.746. The summed E-state index contributed by atoms with van der Waals surface area (Å²) in [6.45, 7) is 3.83. The van der Waals surface area contributed by atoms with Crippen LogP contribution in [-0.4, -0.2) is 38.2 Å². The first-order valence-electron chi connectivity index (χ1n) is 6.84. The van der Waals surface area contributed by atoms with Crippen LogP contribution < -0.4 is 10.5 Å². The number of nitrogens with zero attached hydrogens (tertiary/aromatic N) is 1. The van der Waals surface area contributed by atoms with E-state index in [1.165, 1.54) is 0 Å². The molecule has 0 aliphatic rings. The third-order valence-corrected chi connectivity index (χ3v) is 3.27. The second kappa shape index (κ2) is 8.41. The molecule has 2 N–H and O–H groups in total. The second-order valence-corrected chi connectivity index (χ2v) is 5.57. The van der Waals surface area contributed by atoms with Crippen LogP contribution >= 0.6 is 11.6 Å². The molecule has 0 aliphatic carbocycles. The topological polar surface area (TPSA) is 38.5 Å². The number of nitrogens with two attached hydrogens (primary N) is 1. The Balaban J connectivity index is 2.60. The SMILES string of the molecule is CCC(N)Cc1cc(Cl)ccc1OCCCN(C)C. The first-order chi connectivity index (χ1) is 9.02. The van der Waals surface area contributed by atoms with Gasteiger partial charge >= 0.3 is 0 Å². The van der Waals surface area contributed by atoms with Crippen LogP contribution in [0.15, 0.2) is 18.2 Å². The summed E-state index contributed by atoms with van der Waals surface area (Å²) in [6, 6.07) is 5.92. The molecule has 0 radical (unpaired) electrons. The molecule has 0 aromatic heterocycles. The van der Waals surface area contributed by atoms with Gasteiger partial charge in [0.05, 0.1) is 6.61 Å². The summed E-state index contributed by atoms with van der Waals surface area (Å²) >= 11 is 6.04. The first kappa shape index (κ1) is 16.3. The Morgan fingerprint density at radius 2 is 2.11 bits per heavy atom. The van der Waals surface area contributed by atoms with E-state index in [-0.39, 0.29) is 6.04 Å². The molecule has 0 fully saturated rings. The molecule has 0 saturated heterocycles. The van der Waals surface area contributed by atoms with Crippen molar-refractivity contribution < 1.29 is 4.74 Å². The molecular weight excluding hydrogens is 260 g/mol. The number of ether oxygens (including phenoxy) is 1. The van der Waals surface area contributed by atoms with E-state index in [0.717, 1.165) is 42.1 Å².